The summed E-state index contributed by atoms with van der Waals surface area (Å²) in [6.07, 6.45) is 5.56. The Morgan fingerprint density at radius 2 is 2.00 bits per heavy atom. The average Bonchev–Trinajstić information content (AvgIpc) is 2.59. The lowest BCUT2D eigenvalue weighted by molar-refractivity contribution is 0.0221. The van der Waals surface area contributed by atoms with E-state index in [1.54, 1.807) is 11.9 Å². The lowest BCUT2D eigenvalue weighted by atomic mass is 10.1. The summed E-state index contributed by atoms with van der Waals surface area (Å²) in [5.41, 5.74) is -0.457. The van der Waals surface area contributed by atoms with E-state index in [-0.39, 0.29) is 6.09 Å². The van der Waals surface area contributed by atoms with Gasteiger partial charge >= 0.3 is 6.09 Å². The molecule has 146 valence electrons. The molecule has 1 fully saturated rings. The third-order valence-corrected chi connectivity index (χ3v) is 5.86. The molecular weight excluding hydrogens is 358 g/mol. The normalized spacial score (nSPS) is 19.6. The predicted molar refractivity (Wildman–Crippen MR) is 111 cm³/mol. The topological polar surface area (TPSA) is 45.7 Å². The standard InChI is InChI=1S/C21H29N3O2S/c1-16-6-5-11-23(20(25)26-21(2,3)4)12-13-24(16)27-19-8-7-18-15-22-10-9-17(18)14-19/h7-10,14-16H,5-6,11-13H2,1-4H3/t16-/m1/s1. The summed E-state index contributed by atoms with van der Waals surface area (Å²) in [5.74, 6) is 0. The second kappa shape index (κ2) is 8.48. The van der Waals surface area contributed by atoms with Crippen LogP contribution in [0, 0.1) is 0 Å². The highest BCUT2D eigenvalue weighted by Gasteiger charge is 2.26. The molecule has 0 unspecified atom stereocenters. The van der Waals surface area contributed by atoms with Gasteiger partial charge in [0.15, 0.2) is 0 Å². The second-order valence-corrected chi connectivity index (χ2v) is 9.20. The third kappa shape index (κ3) is 5.59. The molecule has 1 atom stereocenters. The van der Waals surface area contributed by atoms with Crippen LogP contribution in [0.1, 0.15) is 40.5 Å². The van der Waals surface area contributed by atoms with Crippen LogP contribution < -0.4 is 0 Å². The number of carbonyl (C=O) groups excluding carboxylic acids is 1. The molecule has 1 saturated heterocycles. The van der Waals surface area contributed by atoms with Gasteiger partial charge in [0, 0.05) is 48.4 Å². The number of rotatable bonds is 2. The first-order valence-electron chi connectivity index (χ1n) is 9.58. The molecule has 0 bridgehead atoms. The Morgan fingerprint density at radius 3 is 2.78 bits per heavy atom. The molecule has 0 saturated carbocycles. The highest BCUT2D eigenvalue weighted by atomic mass is 32.2. The maximum atomic E-state index is 12.4. The lowest BCUT2D eigenvalue weighted by Gasteiger charge is -2.35. The first-order valence-corrected chi connectivity index (χ1v) is 10.4. The van der Waals surface area contributed by atoms with E-state index in [0.717, 1.165) is 31.3 Å². The van der Waals surface area contributed by atoms with Crippen LogP contribution in [-0.2, 0) is 4.74 Å². The number of hydrogen-bond acceptors (Lipinski definition) is 5. The Bertz CT molecular complexity index is 790. The molecule has 1 aliphatic heterocycles. The largest absolute Gasteiger partial charge is 0.444 e. The molecule has 3 rings (SSSR count). The molecule has 1 aromatic heterocycles. The number of benzene rings is 1. The molecule has 1 amide bonds. The number of amides is 1. The van der Waals surface area contributed by atoms with Crippen molar-refractivity contribution in [2.75, 3.05) is 19.6 Å². The van der Waals surface area contributed by atoms with Crippen molar-refractivity contribution in [1.82, 2.24) is 14.2 Å². The number of pyridine rings is 1. The highest BCUT2D eigenvalue weighted by Crippen LogP contribution is 2.29. The highest BCUT2D eigenvalue weighted by molar-refractivity contribution is 7.97. The molecule has 0 aliphatic carbocycles. The van der Waals surface area contributed by atoms with E-state index in [9.17, 15) is 4.79 Å². The number of ether oxygens (including phenoxy) is 1. The maximum absolute atomic E-state index is 12.4. The van der Waals surface area contributed by atoms with Crippen LogP contribution in [0.15, 0.2) is 41.6 Å². The van der Waals surface area contributed by atoms with Crippen LogP contribution in [0.25, 0.3) is 10.8 Å². The van der Waals surface area contributed by atoms with Crippen LogP contribution in [0.3, 0.4) is 0 Å². The van der Waals surface area contributed by atoms with Crippen molar-refractivity contribution >= 4 is 28.8 Å². The minimum Gasteiger partial charge on any atom is -0.444 e. The van der Waals surface area contributed by atoms with Crippen molar-refractivity contribution in [1.29, 1.82) is 0 Å². The van der Waals surface area contributed by atoms with E-state index in [2.05, 4.69) is 34.4 Å². The van der Waals surface area contributed by atoms with Gasteiger partial charge in [-0.25, -0.2) is 9.10 Å². The minimum atomic E-state index is -0.457. The van der Waals surface area contributed by atoms with Gasteiger partial charge in [-0.05, 0) is 76.1 Å². The van der Waals surface area contributed by atoms with Crippen molar-refractivity contribution in [2.24, 2.45) is 0 Å². The van der Waals surface area contributed by atoms with E-state index < -0.39 is 5.60 Å². The zero-order valence-corrected chi connectivity index (χ0v) is 17.5. The fourth-order valence-corrected chi connectivity index (χ4v) is 4.21. The van der Waals surface area contributed by atoms with E-state index in [4.69, 9.17) is 4.74 Å². The Balaban J connectivity index is 1.67. The van der Waals surface area contributed by atoms with Gasteiger partial charge in [0.05, 0.1) is 0 Å². The van der Waals surface area contributed by atoms with E-state index in [1.807, 2.05) is 44.1 Å². The van der Waals surface area contributed by atoms with Crippen LogP contribution in [-0.4, -0.2) is 51.6 Å². The van der Waals surface area contributed by atoms with Crippen molar-refractivity contribution in [3.05, 3.63) is 36.7 Å². The lowest BCUT2D eigenvalue weighted by Crippen LogP contribution is -2.44. The summed E-state index contributed by atoms with van der Waals surface area (Å²) in [6, 6.07) is 8.97. The van der Waals surface area contributed by atoms with Crippen LogP contribution in [0.5, 0.6) is 0 Å². The maximum Gasteiger partial charge on any atom is 0.410 e. The van der Waals surface area contributed by atoms with Gasteiger partial charge in [0.1, 0.15) is 5.60 Å². The summed E-state index contributed by atoms with van der Waals surface area (Å²) in [6.45, 7) is 10.3. The minimum absolute atomic E-state index is 0.208. The molecule has 0 N–H and O–H groups in total. The molecule has 1 aliphatic rings. The SMILES string of the molecule is C[C@@H]1CCCN(C(=O)OC(C)(C)C)CCN1Sc1ccc2cnccc2c1. The number of nitrogens with zero attached hydrogens (tertiary/aromatic N) is 3. The number of hydrogen-bond donors (Lipinski definition) is 0. The smallest absolute Gasteiger partial charge is 0.410 e. The van der Waals surface area contributed by atoms with E-state index in [1.165, 1.54) is 10.3 Å². The van der Waals surface area contributed by atoms with Crippen LogP contribution >= 0.6 is 11.9 Å². The molecule has 2 heterocycles. The zero-order chi connectivity index (χ0) is 19.4. The predicted octanol–water partition coefficient (Wildman–Crippen LogP) is 4.96. The van der Waals surface area contributed by atoms with Gasteiger partial charge in [-0.1, -0.05) is 6.07 Å². The quantitative estimate of drug-likeness (QED) is 0.681. The zero-order valence-electron chi connectivity index (χ0n) is 16.6. The molecule has 27 heavy (non-hydrogen) atoms. The summed E-state index contributed by atoms with van der Waals surface area (Å²) >= 11 is 1.77. The van der Waals surface area contributed by atoms with Crippen molar-refractivity contribution < 1.29 is 9.53 Å². The van der Waals surface area contributed by atoms with Crippen LogP contribution in [0.4, 0.5) is 4.79 Å². The van der Waals surface area contributed by atoms with Gasteiger partial charge in [-0.15, -0.1) is 0 Å². The van der Waals surface area contributed by atoms with Gasteiger partial charge in [0.2, 0.25) is 0 Å². The van der Waals surface area contributed by atoms with Gasteiger partial charge in [-0.3, -0.25) is 4.98 Å². The Kier molecular flexibility index (Phi) is 6.27. The summed E-state index contributed by atoms with van der Waals surface area (Å²) in [5, 5.41) is 2.35. The van der Waals surface area contributed by atoms with Crippen molar-refractivity contribution in [3.8, 4) is 0 Å². The monoisotopic (exact) mass is 387 g/mol. The average molecular weight is 388 g/mol. The van der Waals surface area contributed by atoms with Crippen LogP contribution in [0.2, 0.25) is 0 Å². The Hall–Kier alpha value is -1.79. The molecule has 5 nitrogen and oxygen atoms in total. The number of aromatic nitrogens is 1. The molecular formula is C21H29N3O2S. The number of fused-ring (bicyclic) bond motifs is 1. The Labute approximate surface area is 166 Å². The van der Waals surface area contributed by atoms with Crippen molar-refractivity contribution in [2.45, 2.75) is 57.1 Å². The molecule has 1 aromatic carbocycles. The molecule has 6 heteroatoms. The molecule has 0 spiro atoms. The fraction of sp³-hybridized carbons (Fsp3) is 0.524. The third-order valence-electron chi connectivity index (χ3n) is 4.62. The second-order valence-electron chi connectivity index (χ2n) is 8.08. The fourth-order valence-electron chi connectivity index (χ4n) is 3.17. The van der Waals surface area contributed by atoms with E-state index in [0.29, 0.717) is 12.6 Å². The van der Waals surface area contributed by atoms with Gasteiger partial charge in [-0.2, -0.15) is 0 Å². The summed E-state index contributed by atoms with van der Waals surface area (Å²) in [7, 11) is 0. The summed E-state index contributed by atoms with van der Waals surface area (Å²) in [4.78, 5) is 19.7. The van der Waals surface area contributed by atoms with Gasteiger partial charge < -0.3 is 9.64 Å². The van der Waals surface area contributed by atoms with Gasteiger partial charge in [0.25, 0.3) is 0 Å². The first-order chi connectivity index (χ1) is 12.8. The molecule has 0 radical (unpaired) electrons. The summed E-state index contributed by atoms with van der Waals surface area (Å²) < 4.78 is 7.95. The number of carbonyl (C=O) groups is 1. The Morgan fingerprint density at radius 1 is 1.19 bits per heavy atom. The van der Waals surface area contributed by atoms with Crippen molar-refractivity contribution in [3.63, 3.8) is 0 Å². The van der Waals surface area contributed by atoms with E-state index >= 15 is 0 Å². The molecule has 2 aromatic rings. The first kappa shape index (κ1) is 20.0.